The van der Waals surface area contributed by atoms with Crippen molar-refractivity contribution in [2.75, 3.05) is 39.3 Å². The molecule has 148 valence electrons. The third-order valence-electron chi connectivity index (χ3n) is 5.22. The van der Waals surface area contributed by atoms with Gasteiger partial charge in [-0.2, -0.15) is 9.57 Å². The first-order chi connectivity index (χ1) is 12.9. The van der Waals surface area contributed by atoms with Gasteiger partial charge in [0.05, 0.1) is 42.7 Å². The number of hydrogen-bond acceptors (Lipinski definition) is 4. The summed E-state index contributed by atoms with van der Waals surface area (Å²) in [4.78, 5) is 14.0. The first-order valence-electron chi connectivity index (χ1n) is 9.54. The number of carbonyl (C=O) groups is 1. The number of carbonyl (C=O) groups excluding carboxylic acids is 1. The van der Waals surface area contributed by atoms with Crippen LogP contribution in [-0.2, 0) is 14.8 Å². The molecule has 1 aliphatic rings. The third-order valence-corrected chi connectivity index (χ3v) is 7.14. The predicted molar refractivity (Wildman–Crippen MR) is 103 cm³/mol. The van der Waals surface area contributed by atoms with Crippen molar-refractivity contribution in [3.63, 3.8) is 0 Å². The molecular weight excluding hydrogens is 364 g/mol. The van der Waals surface area contributed by atoms with E-state index in [1.54, 1.807) is 0 Å². The van der Waals surface area contributed by atoms with Crippen LogP contribution in [0, 0.1) is 17.2 Å². The maximum absolute atomic E-state index is 12.7. The molecule has 0 aromatic heterocycles. The van der Waals surface area contributed by atoms with Crippen LogP contribution in [0.1, 0.15) is 32.3 Å². The number of nitrogens with one attached hydrogen (secondary N) is 2. The van der Waals surface area contributed by atoms with E-state index in [-0.39, 0.29) is 16.7 Å². The Balaban J connectivity index is 1.86. The van der Waals surface area contributed by atoms with Crippen molar-refractivity contribution in [2.24, 2.45) is 5.92 Å². The zero-order chi connectivity index (χ0) is 19.9. The van der Waals surface area contributed by atoms with Gasteiger partial charge in [0.2, 0.25) is 15.9 Å². The molecule has 2 rings (SSSR count). The van der Waals surface area contributed by atoms with Gasteiger partial charge in [-0.1, -0.05) is 0 Å². The average Bonchev–Trinajstić information content (AvgIpc) is 2.71. The van der Waals surface area contributed by atoms with Crippen LogP contribution in [-0.4, -0.2) is 57.9 Å². The van der Waals surface area contributed by atoms with Gasteiger partial charge in [0, 0.05) is 19.0 Å². The van der Waals surface area contributed by atoms with Crippen LogP contribution in [0.2, 0.25) is 0 Å². The summed E-state index contributed by atoms with van der Waals surface area (Å²) in [6.07, 6.45) is 1.05. The second-order valence-electron chi connectivity index (χ2n) is 6.81. The maximum Gasteiger partial charge on any atom is 0.243 e. The fourth-order valence-electron chi connectivity index (χ4n) is 3.32. The summed E-state index contributed by atoms with van der Waals surface area (Å²) in [5.41, 5.74) is 0.427. The summed E-state index contributed by atoms with van der Waals surface area (Å²) >= 11 is 0. The molecule has 27 heavy (non-hydrogen) atoms. The molecule has 1 saturated heterocycles. The van der Waals surface area contributed by atoms with Gasteiger partial charge in [-0.25, -0.2) is 8.42 Å². The molecule has 0 radical (unpaired) electrons. The zero-order valence-electron chi connectivity index (χ0n) is 16.1. The number of likely N-dealkylation sites (N-methyl/N-ethyl adjacent to an activating group) is 1. The molecule has 1 amide bonds. The van der Waals surface area contributed by atoms with Crippen LogP contribution >= 0.6 is 0 Å². The van der Waals surface area contributed by atoms with Crippen LogP contribution in [0.5, 0.6) is 0 Å². The highest BCUT2D eigenvalue weighted by molar-refractivity contribution is 7.89. The largest absolute Gasteiger partial charge is 0.350 e. The smallest absolute Gasteiger partial charge is 0.243 e. The zero-order valence-corrected chi connectivity index (χ0v) is 16.9. The lowest BCUT2D eigenvalue weighted by molar-refractivity contribution is -0.895. The second-order valence-corrected chi connectivity index (χ2v) is 8.75. The van der Waals surface area contributed by atoms with Crippen LogP contribution in [0.3, 0.4) is 0 Å². The number of benzene rings is 1. The highest BCUT2D eigenvalue weighted by Crippen LogP contribution is 2.24. The van der Waals surface area contributed by atoms with E-state index in [2.05, 4.69) is 19.2 Å². The van der Waals surface area contributed by atoms with Gasteiger partial charge in [-0.3, -0.25) is 4.79 Å². The van der Waals surface area contributed by atoms with E-state index in [4.69, 9.17) is 5.26 Å². The molecule has 0 aliphatic carbocycles. The van der Waals surface area contributed by atoms with E-state index in [0.29, 0.717) is 38.0 Å². The minimum absolute atomic E-state index is 0.0250. The summed E-state index contributed by atoms with van der Waals surface area (Å²) in [5.74, 6) is -0.110. The third kappa shape index (κ3) is 5.51. The van der Waals surface area contributed by atoms with E-state index in [1.165, 1.54) is 33.5 Å². The SMILES string of the molecule is CC[NH+](CC)CCNC(=O)C1CCN(S(=O)(=O)c2ccc(C#N)cc2)CC1. The fourth-order valence-corrected chi connectivity index (χ4v) is 4.79. The van der Waals surface area contributed by atoms with Crippen LogP contribution < -0.4 is 10.2 Å². The molecule has 1 aromatic carbocycles. The van der Waals surface area contributed by atoms with Gasteiger partial charge in [-0.05, 0) is 51.0 Å². The lowest BCUT2D eigenvalue weighted by atomic mass is 9.97. The fraction of sp³-hybridized carbons (Fsp3) is 0.579. The van der Waals surface area contributed by atoms with Gasteiger partial charge in [0.15, 0.2) is 0 Å². The molecular formula is C19H29N4O3S+. The van der Waals surface area contributed by atoms with E-state index in [0.717, 1.165) is 19.6 Å². The van der Waals surface area contributed by atoms with Gasteiger partial charge >= 0.3 is 0 Å². The summed E-state index contributed by atoms with van der Waals surface area (Å²) in [6, 6.07) is 7.91. The lowest BCUT2D eigenvalue weighted by Gasteiger charge is -2.30. The second kappa shape index (κ2) is 9.83. The monoisotopic (exact) mass is 393 g/mol. The van der Waals surface area contributed by atoms with Crippen molar-refractivity contribution >= 4 is 15.9 Å². The van der Waals surface area contributed by atoms with Crippen LogP contribution in [0.25, 0.3) is 0 Å². The Morgan fingerprint density at radius 1 is 1.22 bits per heavy atom. The van der Waals surface area contributed by atoms with Crippen molar-refractivity contribution in [3.05, 3.63) is 29.8 Å². The topological polar surface area (TPSA) is 94.7 Å². The van der Waals surface area contributed by atoms with Crippen molar-refractivity contribution in [1.82, 2.24) is 9.62 Å². The summed E-state index contributed by atoms with van der Waals surface area (Å²) in [5, 5.41) is 11.8. The van der Waals surface area contributed by atoms with Crippen molar-refractivity contribution in [3.8, 4) is 6.07 Å². The number of nitrogens with zero attached hydrogens (tertiary/aromatic N) is 2. The van der Waals surface area contributed by atoms with E-state index >= 15 is 0 Å². The predicted octanol–water partition coefficient (Wildman–Crippen LogP) is -0.000120. The molecule has 1 heterocycles. The van der Waals surface area contributed by atoms with Gasteiger partial charge < -0.3 is 10.2 Å². The van der Waals surface area contributed by atoms with Gasteiger partial charge in [0.25, 0.3) is 0 Å². The molecule has 1 fully saturated rings. The van der Waals surface area contributed by atoms with E-state index < -0.39 is 10.0 Å². The molecule has 0 spiro atoms. The average molecular weight is 394 g/mol. The highest BCUT2D eigenvalue weighted by Gasteiger charge is 2.32. The first kappa shape index (κ1) is 21.4. The van der Waals surface area contributed by atoms with Crippen molar-refractivity contribution < 1.29 is 18.1 Å². The Bertz CT molecular complexity index is 759. The van der Waals surface area contributed by atoms with Crippen LogP contribution in [0.4, 0.5) is 0 Å². The van der Waals surface area contributed by atoms with Crippen molar-refractivity contribution in [1.29, 1.82) is 5.26 Å². The Labute approximate surface area is 162 Å². The Kier molecular flexibility index (Phi) is 7.78. The molecule has 1 aromatic rings. The van der Waals surface area contributed by atoms with Gasteiger partial charge in [-0.15, -0.1) is 0 Å². The maximum atomic E-state index is 12.7. The number of quaternary nitrogens is 1. The molecule has 0 atom stereocenters. The Morgan fingerprint density at radius 3 is 2.33 bits per heavy atom. The summed E-state index contributed by atoms with van der Waals surface area (Å²) in [7, 11) is -3.58. The molecule has 8 heteroatoms. The lowest BCUT2D eigenvalue weighted by Crippen LogP contribution is -3.12. The summed E-state index contributed by atoms with van der Waals surface area (Å²) in [6.45, 7) is 8.57. The number of amides is 1. The molecule has 0 unspecified atom stereocenters. The molecule has 2 N–H and O–H groups in total. The van der Waals surface area contributed by atoms with E-state index in [1.807, 2.05) is 6.07 Å². The minimum atomic E-state index is -3.58. The number of piperidine rings is 1. The van der Waals surface area contributed by atoms with Crippen molar-refractivity contribution in [2.45, 2.75) is 31.6 Å². The van der Waals surface area contributed by atoms with E-state index in [9.17, 15) is 13.2 Å². The number of hydrogen-bond donors (Lipinski definition) is 2. The first-order valence-corrected chi connectivity index (χ1v) is 11.0. The summed E-state index contributed by atoms with van der Waals surface area (Å²) < 4.78 is 26.9. The Morgan fingerprint density at radius 2 is 1.81 bits per heavy atom. The number of nitriles is 1. The van der Waals surface area contributed by atoms with Crippen LogP contribution in [0.15, 0.2) is 29.2 Å². The quantitative estimate of drug-likeness (QED) is 0.650. The molecule has 7 nitrogen and oxygen atoms in total. The normalized spacial score (nSPS) is 16.2. The van der Waals surface area contributed by atoms with Gasteiger partial charge in [0.1, 0.15) is 0 Å². The highest BCUT2D eigenvalue weighted by atomic mass is 32.2. The number of rotatable bonds is 8. The molecule has 1 aliphatic heterocycles. The number of sulfonamides is 1. The molecule has 0 saturated carbocycles. The minimum Gasteiger partial charge on any atom is -0.350 e. The standard InChI is InChI=1S/C19H28N4O3S/c1-3-22(4-2)14-11-21-19(24)17-9-12-23(13-10-17)27(25,26)18-7-5-16(15-20)6-8-18/h5-8,17H,3-4,9-14H2,1-2H3,(H,21,24)/p+1. The molecule has 0 bridgehead atoms. The Hall–Kier alpha value is -1.95.